The van der Waals surface area contributed by atoms with Gasteiger partial charge in [0.2, 0.25) is 0 Å². The van der Waals surface area contributed by atoms with E-state index in [1.165, 1.54) is 33.0 Å². The van der Waals surface area contributed by atoms with E-state index in [0.29, 0.717) is 17.5 Å². The Balaban J connectivity index is 1.07. The zero-order valence-corrected chi connectivity index (χ0v) is 27.5. The molecule has 0 unspecified atom stereocenters. The quantitative estimate of drug-likeness (QED) is 0.186. The summed E-state index contributed by atoms with van der Waals surface area (Å²) in [5.74, 6) is 1.85. The van der Waals surface area contributed by atoms with Gasteiger partial charge in [-0.3, -0.25) is 0 Å². The number of fused-ring (bicyclic) bond motifs is 5. The van der Waals surface area contributed by atoms with Gasteiger partial charge in [-0.05, 0) is 74.1 Å². The molecule has 238 valence electrons. The molecule has 4 nitrogen and oxygen atoms in total. The lowest BCUT2D eigenvalue weighted by molar-refractivity contribution is 0.669. The monoisotopic (exact) mass is 651 g/mol. The largest absolute Gasteiger partial charge is 0.456 e. The topological polar surface area (TPSA) is 51.8 Å². The molecule has 0 atom stereocenters. The third-order valence-corrected chi connectivity index (χ3v) is 9.72. The van der Waals surface area contributed by atoms with E-state index in [4.69, 9.17) is 19.4 Å². The smallest absolute Gasteiger partial charge is 0.164 e. The second kappa shape index (κ2) is 11.9. The van der Waals surface area contributed by atoms with Gasteiger partial charge in [-0.15, -0.1) is 0 Å². The number of rotatable bonds is 5. The van der Waals surface area contributed by atoms with E-state index in [9.17, 15) is 0 Å². The highest BCUT2D eigenvalue weighted by atomic mass is 16.3. The van der Waals surface area contributed by atoms with Crippen LogP contribution >= 0.6 is 0 Å². The molecule has 0 saturated heterocycles. The van der Waals surface area contributed by atoms with Crippen molar-refractivity contribution in [1.29, 1.82) is 0 Å². The molecule has 0 fully saturated rings. The molecule has 0 aliphatic carbocycles. The standard InChI is InChI=1S/C47H29N3O/c1-2-12-31(13-3-1)45-48-46(50-47(49-45)36-25-26-42-41-18-8-9-20-43(41)51-44(42)29-36)35-24-22-32-27-34(23-21-33(32)28-35)38-16-6-7-17-39(38)40-19-10-14-30-11-4-5-15-37(30)40/h1-29H. The average molecular weight is 652 g/mol. The van der Waals surface area contributed by atoms with E-state index < -0.39 is 0 Å². The molecule has 0 aliphatic rings. The van der Waals surface area contributed by atoms with E-state index in [2.05, 4.69) is 121 Å². The maximum absolute atomic E-state index is 6.21. The fourth-order valence-electron chi connectivity index (χ4n) is 7.20. The fraction of sp³-hybridized carbons (Fsp3) is 0. The van der Waals surface area contributed by atoms with Crippen molar-refractivity contribution in [3.05, 3.63) is 176 Å². The van der Waals surface area contributed by atoms with E-state index >= 15 is 0 Å². The van der Waals surface area contributed by atoms with Crippen molar-refractivity contribution < 1.29 is 4.42 Å². The van der Waals surface area contributed by atoms with Crippen LogP contribution in [-0.2, 0) is 0 Å². The zero-order chi connectivity index (χ0) is 33.7. The third kappa shape index (κ3) is 5.13. The summed E-state index contributed by atoms with van der Waals surface area (Å²) < 4.78 is 6.21. The molecular formula is C47H29N3O. The van der Waals surface area contributed by atoms with Crippen LogP contribution in [0, 0.1) is 0 Å². The summed E-state index contributed by atoms with van der Waals surface area (Å²) in [6.45, 7) is 0. The zero-order valence-electron chi connectivity index (χ0n) is 27.5. The minimum atomic E-state index is 0.599. The van der Waals surface area contributed by atoms with Crippen LogP contribution in [0.25, 0.3) is 99.9 Å². The molecule has 51 heavy (non-hydrogen) atoms. The minimum absolute atomic E-state index is 0.599. The number of hydrogen-bond acceptors (Lipinski definition) is 4. The molecule has 0 saturated carbocycles. The third-order valence-electron chi connectivity index (χ3n) is 9.72. The number of furan rings is 1. The van der Waals surface area contributed by atoms with Crippen LogP contribution in [0.5, 0.6) is 0 Å². The van der Waals surface area contributed by atoms with Crippen LogP contribution in [0.4, 0.5) is 0 Å². The second-order valence-electron chi connectivity index (χ2n) is 12.8. The molecule has 4 heteroatoms. The van der Waals surface area contributed by atoms with E-state index in [1.807, 2.05) is 54.6 Å². The Morgan fingerprint density at radius 1 is 0.294 bits per heavy atom. The molecule has 10 rings (SSSR count). The Bertz CT molecular complexity index is 2920. The Hall–Kier alpha value is -6.91. The van der Waals surface area contributed by atoms with Gasteiger partial charge >= 0.3 is 0 Å². The average Bonchev–Trinajstić information content (AvgIpc) is 3.58. The van der Waals surface area contributed by atoms with Crippen molar-refractivity contribution in [2.24, 2.45) is 0 Å². The molecule has 0 bridgehead atoms. The summed E-state index contributed by atoms with van der Waals surface area (Å²) in [6, 6.07) is 61.3. The molecule has 2 aromatic heterocycles. The lowest BCUT2D eigenvalue weighted by Crippen LogP contribution is -2.00. The first-order valence-corrected chi connectivity index (χ1v) is 17.1. The summed E-state index contributed by atoms with van der Waals surface area (Å²) in [4.78, 5) is 15.0. The molecule has 0 spiro atoms. The molecule has 2 heterocycles. The molecule has 0 amide bonds. The van der Waals surface area contributed by atoms with Crippen LogP contribution < -0.4 is 0 Å². The van der Waals surface area contributed by atoms with E-state index in [-0.39, 0.29) is 0 Å². The van der Waals surface area contributed by atoms with Crippen LogP contribution in [0.3, 0.4) is 0 Å². The van der Waals surface area contributed by atoms with Crippen molar-refractivity contribution in [2.75, 3.05) is 0 Å². The molecule has 10 aromatic rings. The minimum Gasteiger partial charge on any atom is -0.456 e. The van der Waals surface area contributed by atoms with Gasteiger partial charge in [-0.1, -0.05) is 146 Å². The first-order valence-electron chi connectivity index (χ1n) is 17.1. The lowest BCUT2D eigenvalue weighted by Gasteiger charge is -2.14. The maximum atomic E-state index is 6.21. The van der Waals surface area contributed by atoms with Gasteiger partial charge in [0.1, 0.15) is 11.2 Å². The van der Waals surface area contributed by atoms with Crippen LogP contribution in [0.15, 0.2) is 180 Å². The summed E-state index contributed by atoms with van der Waals surface area (Å²) in [7, 11) is 0. The molecule has 0 N–H and O–H groups in total. The molecular weight excluding hydrogens is 623 g/mol. The highest BCUT2D eigenvalue weighted by molar-refractivity contribution is 6.06. The summed E-state index contributed by atoms with van der Waals surface area (Å²) >= 11 is 0. The SMILES string of the molecule is c1ccc(-c2nc(-c3ccc4cc(-c5ccccc5-c5cccc6ccccc56)ccc4c3)nc(-c3ccc4c(c3)oc3ccccc34)n2)cc1. The first kappa shape index (κ1) is 29.0. The first-order chi connectivity index (χ1) is 25.2. The maximum Gasteiger partial charge on any atom is 0.164 e. The second-order valence-corrected chi connectivity index (χ2v) is 12.8. The lowest BCUT2D eigenvalue weighted by atomic mass is 9.90. The van der Waals surface area contributed by atoms with Crippen LogP contribution in [0.1, 0.15) is 0 Å². The van der Waals surface area contributed by atoms with Crippen molar-refractivity contribution in [3.8, 4) is 56.4 Å². The van der Waals surface area contributed by atoms with Gasteiger partial charge in [0.25, 0.3) is 0 Å². The number of para-hydroxylation sites is 1. The van der Waals surface area contributed by atoms with Gasteiger partial charge in [-0.2, -0.15) is 0 Å². The summed E-state index contributed by atoms with van der Waals surface area (Å²) in [6.07, 6.45) is 0. The Morgan fingerprint density at radius 3 is 1.67 bits per heavy atom. The van der Waals surface area contributed by atoms with E-state index in [0.717, 1.165) is 49.4 Å². The number of aromatic nitrogens is 3. The number of nitrogens with zero attached hydrogens (tertiary/aromatic N) is 3. The highest BCUT2D eigenvalue weighted by Crippen LogP contribution is 2.38. The van der Waals surface area contributed by atoms with Gasteiger partial charge < -0.3 is 4.42 Å². The van der Waals surface area contributed by atoms with Crippen LogP contribution in [-0.4, -0.2) is 15.0 Å². The van der Waals surface area contributed by atoms with Crippen molar-refractivity contribution in [1.82, 2.24) is 15.0 Å². The Labute approximate surface area is 294 Å². The highest BCUT2D eigenvalue weighted by Gasteiger charge is 2.16. The predicted molar refractivity (Wildman–Crippen MR) is 209 cm³/mol. The van der Waals surface area contributed by atoms with Gasteiger partial charge in [0.05, 0.1) is 0 Å². The van der Waals surface area contributed by atoms with Gasteiger partial charge in [0, 0.05) is 27.5 Å². The van der Waals surface area contributed by atoms with Crippen LogP contribution in [0.2, 0.25) is 0 Å². The van der Waals surface area contributed by atoms with Crippen molar-refractivity contribution in [2.45, 2.75) is 0 Å². The number of hydrogen-bond donors (Lipinski definition) is 0. The van der Waals surface area contributed by atoms with E-state index in [1.54, 1.807) is 0 Å². The predicted octanol–water partition coefficient (Wildman–Crippen LogP) is 12.4. The summed E-state index contributed by atoms with van der Waals surface area (Å²) in [5, 5.41) is 6.92. The van der Waals surface area contributed by atoms with Crippen molar-refractivity contribution >= 4 is 43.5 Å². The van der Waals surface area contributed by atoms with Crippen molar-refractivity contribution in [3.63, 3.8) is 0 Å². The Morgan fingerprint density at radius 2 is 0.843 bits per heavy atom. The van der Waals surface area contributed by atoms with Gasteiger partial charge in [0.15, 0.2) is 17.5 Å². The molecule has 0 aliphatic heterocycles. The molecule has 0 radical (unpaired) electrons. The summed E-state index contributed by atoms with van der Waals surface area (Å²) in [5.41, 5.74) is 9.24. The number of benzene rings is 8. The fourth-order valence-corrected chi connectivity index (χ4v) is 7.20. The normalized spacial score (nSPS) is 11.5. The Kier molecular flexibility index (Phi) is 6.78. The van der Waals surface area contributed by atoms with Gasteiger partial charge in [-0.25, -0.2) is 15.0 Å². The molecule has 8 aromatic carbocycles.